The molecular weight excluding hydrogens is 380 g/mol. The third kappa shape index (κ3) is 4.50. The summed E-state index contributed by atoms with van der Waals surface area (Å²) in [5, 5.41) is 9.23. The lowest BCUT2D eigenvalue weighted by Gasteiger charge is -2.29. The molecule has 0 unspecified atom stereocenters. The van der Waals surface area contributed by atoms with Gasteiger partial charge in [-0.3, -0.25) is 9.59 Å². The molecule has 2 aliphatic heterocycles. The molecule has 2 saturated heterocycles. The van der Waals surface area contributed by atoms with Gasteiger partial charge in [0.1, 0.15) is 17.8 Å². The molecule has 0 bridgehead atoms. The van der Waals surface area contributed by atoms with Crippen LogP contribution in [-0.2, 0) is 4.79 Å². The van der Waals surface area contributed by atoms with Crippen molar-refractivity contribution in [3.8, 4) is 11.8 Å². The van der Waals surface area contributed by atoms with Gasteiger partial charge in [-0.25, -0.2) is 8.78 Å². The Morgan fingerprint density at radius 3 is 2.79 bits per heavy atom. The van der Waals surface area contributed by atoms with Gasteiger partial charge in [-0.15, -0.1) is 0 Å². The molecule has 0 spiro atoms. The highest BCUT2D eigenvalue weighted by Crippen LogP contribution is 2.36. The van der Waals surface area contributed by atoms with E-state index in [-0.39, 0.29) is 5.56 Å². The summed E-state index contributed by atoms with van der Waals surface area (Å²) in [6.07, 6.45) is 2.16. The average molecular weight is 405 g/mol. The van der Waals surface area contributed by atoms with E-state index in [4.69, 9.17) is 4.74 Å². The SMILES string of the molecule is CCCCOc1ccccc1C(=O)N1CC(F)(F)C[C@H]1C(=O)N1CCC[C@H]1C#N. The van der Waals surface area contributed by atoms with E-state index < -0.39 is 42.8 Å². The van der Waals surface area contributed by atoms with Gasteiger partial charge < -0.3 is 14.5 Å². The quantitative estimate of drug-likeness (QED) is 0.681. The Labute approximate surface area is 169 Å². The first kappa shape index (κ1) is 21.0. The molecular formula is C21H25F2N3O3. The smallest absolute Gasteiger partial charge is 0.267 e. The fourth-order valence-corrected chi connectivity index (χ4v) is 3.86. The topological polar surface area (TPSA) is 73.6 Å². The lowest BCUT2D eigenvalue weighted by atomic mass is 10.1. The highest BCUT2D eigenvalue weighted by molar-refractivity contribution is 6.00. The van der Waals surface area contributed by atoms with Gasteiger partial charge in [-0.2, -0.15) is 5.26 Å². The van der Waals surface area contributed by atoms with Gasteiger partial charge in [0.2, 0.25) is 5.91 Å². The minimum atomic E-state index is -3.16. The predicted octanol–water partition coefficient (Wildman–Crippen LogP) is 3.23. The number of carbonyl (C=O) groups excluding carboxylic acids is 2. The number of ether oxygens (including phenoxy) is 1. The normalized spacial score (nSPS) is 23.1. The van der Waals surface area contributed by atoms with Gasteiger partial charge in [0.15, 0.2) is 0 Å². The zero-order valence-electron chi connectivity index (χ0n) is 16.4. The highest BCUT2D eigenvalue weighted by Gasteiger charge is 2.52. The number of hydrogen-bond acceptors (Lipinski definition) is 4. The molecule has 0 aromatic heterocycles. The monoisotopic (exact) mass is 405 g/mol. The van der Waals surface area contributed by atoms with E-state index in [9.17, 15) is 23.6 Å². The third-order valence-electron chi connectivity index (χ3n) is 5.37. The molecule has 3 rings (SSSR count). The number of hydrogen-bond donors (Lipinski definition) is 0. The summed E-state index contributed by atoms with van der Waals surface area (Å²) in [7, 11) is 0. The molecule has 8 heteroatoms. The van der Waals surface area contributed by atoms with E-state index in [2.05, 4.69) is 0 Å². The van der Waals surface area contributed by atoms with Crippen LogP contribution in [0.25, 0.3) is 0 Å². The molecule has 0 N–H and O–H groups in total. The van der Waals surface area contributed by atoms with Crippen LogP contribution in [-0.4, -0.2) is 59.3 Å². The summed E-state index contributed by atoms with van der Waals surface area (Å²) in [6.45, 7) is 1.95. The Hall–Kier alpha value is -2.69. The molecule has 29 heavy (non-hydrogen) atoms. The fourth-order valence-electron chi connectivity index (χ4n) is 3.86. The van der Waals surface area contributed by atoms with Crippen molar-refractivity contribution in [3.63, 3.8) is 0 Å². The zero-order chi connectivity index (χ0) is 21.0. The molecule has 156 valence electrons. The van der Waals surface area contributed by atoms with Crippen LogP contribution in [0.15, 0.2) is 24.3 Å². The fraction of sp³-hybridized carbons (Fsp3) is 0.571. The number of amides is 2. The Morgan fingerprint density at radius 2 is 2.07 bits per heavy atom. The second-order valence-corrected chi connectivity index (χ2v) is 7.53. The van der Waals surface area contributed by atoms with Crippen LogP contribution in [0.1, 0.15) is 49.4 Å². The Morgan fingerprint density at radius 1 is 1.31 bits per heavy atom. The second kappa shape index (κ2) is 8.76. The van der Waals surface area contributed by atoms with Crippen molar-refractivity contribution in [2.24, 2.45) is 0 Å². The largest absolute Gasteiger partial charge is 0.493 e. The Bertz CT molecular complexity index is 809. The van der Waals surface area contributed by atoms with Crippen LogP contribution in [0.2, 0.25) is 0 Å². The minimum absolute atomic E-state index is 0.164. The van der Waals surface area contributed by atoms with Crippen molar-refractivity contribution in [2.45, 2.75) is 57.0 Å². The van der Waals surface area contributed by atoms with E-state index in [1.54, 1.807) is 18.2 Å². The maximum absolute atomic E-state index is 14.2. The molecule has 2 amide bonds. The van der Waals surface area contributed by atoms with Crippen molar-refractivity contribution in [3.05, 3.63) is 29.8 Å². The number of likely N-dealkylation sites (tertiary alicyclic amines) is 2. The van der Waals surface area contributed by atoms with Crippen LogP contribution in [0.3, 0.4) is 0 Å². The molecule has 0 aliphatic carbocycles. The van der Waals surface area contributed by atoms with Crippen LogP contribution >= 0.6 is 0 Å². The lowest BCUT2D eigenvalue weighted by Crippen LogP contribution is -2.49. The van der Waals surface area contributed by atoms with Gasteiger partial charge in [0.25, 0.3) is 11.8 Å². The van der Waals surface area contributed by atoms with E-state index in [0.717, 1.165) is 17.7 Å². The number of unbranched alkanes of at least 4 members (excludes halogenated alkanes) is 1. The van der Waals surface area contributed by atoms with Gasteiger partial charge >= 0.3 is 0 Å². The molecule has 6 nitrogen and oxygen atoms in total. The summed E-state index contributed by atoms with van der Waals surface area (Å²) in [4.78, 5) is 28.4. The first-order valence-electron chi connectivity index (χ1n) is 9.98. The van der Waals surface area contributed by atoms with E-state index in [0.29, 0.717) is 31.7 Å². The molecule has 2 aliphatic rings. The maximum Gasteiger partial charge on any atom is 0.267 e. The van der Waals surface area contributed by atoms with Gasteiger partial charge in [0, 0.05) is 13.0 Å². The standard InChI is InChI=1S/C21H25F2N3O3/c1-2-3-11-29-18-9-5-4-8-16(18)19(27)26-14-21(22,23)12-17(26)20(28)25-10-6-7-15(25)13-24/h4-5,8-9,15,17H,2-3,6-7,10-12,14H2,1H3/t15-,17-/m0/s1. The first-order valence-corrected chi connectivity index (χ1v) is 9.98. The first-order chi connectivity index (χ1) is 13.9. The predicted molar refractivity (Wildman–Crippen MR) is 102 cm³/mol. The van der Waals surface area contributed by atoms with Crippen LogP contribution in [0.4, 0.5) is 8.78 Å². The van der Waals surface area contributed by atoms with Gasteiger partial charge in [0.05, 0.1) is 24.8 Å². The number of nitrogens with zero attached hydrogens (tertiary/aromatic N) is 3. The van der Waals surface area contributed by atoms with Crippen molar-refractivity contribution in [1.29, 1.82) is 5.26 Å². The molecule has 2 heterocycles. The van der Waals surface area contributed by atoms with Gasteiger partial charge in [-0.1, -0.05) is 25.5 Å². The Balaban J connectivity index is 1.85. The summed E-state index contributed by atoms with van der Waals surface area (Å²) in [5.41, 5.74) is 0.164. The molecule has 1 aromatic carbocycles. The summed E-state index contributed by atoms with van der Waals surface area (Å²) in [6, 6.07) is 6.63. The number of halogens is 2. The summed E-state index contributed by atoms with van der Waals surface area (Å²) < 4.78 is 34.1. The number of rotatable bonds is 6. The molecule has 2 fully saturated rings. The second-order valence-electron chi connectivity index (χ2n) is 7.53. The number of para-hydroxylation sites is 1. The molecule has 1 aromatic rings. The summed E-state index contributed by atoms with van der Waals surface area (Å²) in [5.74, 6) is -4.07. The lowest BCUT2D eigenvalue weighted by molar-refractivity contribution is -0.135. The van der Waals surface area contributed by atoms with Crippen LogP contribution < -0.4 is 4.74 Å². The molecule has 2 atom stereocenters. The van der Waals surface area contributed by atoms with E-state index >= 15 is 0 Å². The van der Waals surface area contributed by atoms with E-state index in [1.807, 2.05) is 13.0 Å². The third-order valence-corrected chi connectivity index (χ3v) is 5.37. The van der Waals surface area contributed by atoms with Crippen molar-refractivity contribution in [2.75, 3.05) is 19.7 Å². The van der Waals surface area contributed by atoms with Crippen molar-refractivity contribution >= 4 is 11.8 Å². The molecule has 0 saturated carbocycles. The van der Waals surface area contributed by atoms with E-state index in [1.165, 1.54) is 11.0 Å². The molecule has 0 radical (unpaired) electrons. The van der Waals surface area contributed by atoms with Crippen molar-refractivity contribution in [1.82, 2.24) is 9.80 Å². The Kier molecular flexibility index (Phi) is 6.36. The zero-order valence-corrected chi connectivity index (χ0v) is 16.4. The number of carbonyl (C=O) groups is 2. The van der Waals surface area contributed by atoms with Crippen molar-refractivity contribution < 1.29 is 23.1 Å². The maximum atomic E-state index is 14.2. The minimum Gasteiger partial charge on any atom is -0.493 e. The van der Waals surface area contributed by atoms with Gasteiger partial charge in [-0.05, 0) is 31.4 Å². The number of benzene rings is 1. The summed E-state index contributed by atoms with van der Waals surface area (Å²) >= 11 is 0. The van der Waals surface area contributed by atoms with Crippen LogP contribution in [0.5, 0.6) is 5.75 Å². The van der Waals surface area contributed by atoms with Crippen LogP contribution in [0, 0.1) is 11.3 Å². The average Bonchev–Trinajstić information content (AvgIpc) is 3.31. The number of alkyl halides is 2. The highest BCUT2D eigenvalue weighted by atomic mass is 19.3. The number of nitriles is 1.